The summed E-state index contributed by atoms with van der Waals surface area (Å²) in [6.07, 6.45) is 0. The van der Waals surface area contributed by atoms with Crippen LogP contribution in [-0.4, -0.2) is 69.8 Å². The van der Waals surface area contributed by atoms with E-state index >= 15 is 0 Å². The fourth-order valence-electron chi connectivity index (χ4n) is 1.74. The van der Waals surface area contributed by atoms with Crippen molar-refractivity contribution in [3.8, 4) is 0 Å². The van der Waals surface area contributed by atoms with Gasteiger partial charge in [-0.15, -0.1) is 0 Å². The molecule has 0 bridgehead atoms. The van der Waals surface area contributed by atoms with Gasteiger partial charge in [0.2, 0.25) is 0 Å². The van der Waals surface area contributed by atoms with E-state index in [1.807, 2.05) is 7.05 Å². The van der Waals surface area contributed by atoms with E-state index in [1.54, 1.807) is 7.11 Å². The van der Waals surface area contributed by atoms with Crippen LogP contribution in [0.25, 0.3) is 0 Å². The number of rotatable bonds is 6. The summed E-state index contributed by atoms with van der Waals surface area (Å²) in [5.74, 6) is 0. The van der Waals surface area contributed by atoms with Crippen LogP contribution in [0.5, 0.6) is 0 Å². The quantitative estimate of drug-likeness (QED) is 0.671. The number of methoxy groups -OCH3 is 1. The number of hydrogen-bond acceptors (Lipinski definition) is 4. The van der Waals surface area contributed by atoms with Gasteiger partial charge in [-0.05, 0) is 0 Å². The number of likely N-dealkylation sites (N-methyl/N-ethyl adjacent to an activating group) is 1. The number of ether oxygens (including phenoxy) is 1. The van der Waals surface area contributed by atoms with Crippen molar-refractivity contribution in [3.05, 3.63) is 12.3 Å². The van der Waals surface area contributed by atoms with Crippen LogP contribution in [0, 0.1) is 0 Å². The molecule has 1 heterocycles. The van der Waals surface area contributed by atoms with Crippen molar-refractivity contribution in [2.24, 2.45) is 0 Å². The third kappa shape index (κ3) is 4.64. The highest BCUT2D eigenvalue weighted by Crippen LogP contribution is 2.02. The molecule has 4 nitrogen and oxygen atoms in total. The molecule has 0 aromatic carbocycles. The highest BCUT2D eigenvalue weighted by atomic mass is 16.5. The maximum Gasteiger partial charge on any atom is 0.0589 e. The molecule has 1 rings (SSSR count). The monoisotopic (exact) mass is 213 g/mol. The van der Waals surface area contributed by atoms with Gasteiger partial charge in [0.1, 0.15) is 0 Å². The predicted octanol–water partition coefficient (Wildman–Crippen LogP) is -0.0165. The maximum absolute atomic E-state index is 5.07. The molecule has 1 aliphatic heterocycles. The molecule has 0 unspecified atom stereocenters. The number of hydrogen-bond donors (Lipinski definition) is 1. The Hall–Kier alpha value is -0.580. The fraction of sp³-hybridized carbons (Fsp3) is 0.818. The van der Waals surface area contributed by atoms with Gasteiger partial charge in [0.15, 0.2) is 0 Å². The molecule has 0 aromatic heterocycles. The van der Waals surface area contributed by atoms with E-state index in [0.29, 0.717) is 0 Å². The van der Waals surface area contributed by atoms with Crippen LogP contribution in [0.15, 0.2) is 12.3 Å². The highest BCUT2D eigenvalue weighted by Gasteiger charge is 2.16. The molecular weight excluding hydrogens is 190 g/mol. The summed E-state index contributed by atoms with van der Waals surface area (Å²) in [6.45, 7) is 11.3. The van der Waals surface area contributed by atoms with Crippen molar-refractivity contribution in [1.29, 1.82) is 0 Å². The first kappa shape index (κ1) is 12.5. The Morgan fingerprint density at radius 2 is 1.87 bits per heavy atom. The van der Waals surface area contributed by atoms with Crippen molar-refractivity contribution < 1.29 is 4.74 Å². The van der Waals surface area contributed by atoms with Crippen LogP contribution in [0.4, 0.5) is 0 Å². The van der Waals surface area contributed by atoms with E-state index in [0.717, 1.165) is 51.6 Å². The summed E-state index contributed by atoms with van der Waals surface area (Å²) in [6, 6.07) is 0. The first-order valence-corrected chi connectivity index (χ1v) is 5.55. The van der Waals surface area contributed by atoms with Crippen molar-refractivity contribution >= 4 is 0 Å². The normalized spacial score (nSPS) is 19.1. The SMILES string of the molecule is C=C(CN1CCN(CCOC)CC1)NC. The zero-order chi connectivity index (χ0) is 11.1. The average Bonchev–Trinajstić information content (AvgIpc) is 2.28. The standard InChI is InChI=1S/C11H23N3O/c1-11(12-2)10-14-6-4-13(5-7-14)8-9-15-3/h12H,1,4-10H2,2-3H3. The molecule has 0 saturated carbocycles. The molecule has 0 aromatic rings. The second-order valence-corrected chi connectivity index (χ2v) is 3.96. The zero-order valence-corrected chi connectivity index (χ0v) is 9.96. The van der Waals surface area contributed by atoms with Crippen LogP contribution in [0.3, 0.4) is 0 Å². The Morgan fingerprint density at radius 1 is 1.27 bits per heavy atom. The second-order valence-electron chi connectivity index (χ2n) is 3.96. The Kier molecular flexibility index (Phi) is 5.68. The van der Waals surface area contributed by atoms with Gasteiger partial charge in [0.25, 0.3) is 0 Å². The minimum atomic E-state index is 0.837. The molecule has 4 heteroatoms. The average molecular weight is 213 g/mol. The molecule has 0 spiro atoms. The summed E-state index contributed by atoms with van der Waals surface area (Å²) in [5.41, 5.74) is 1.10. The molecule has 1 N–H and O–H groups in total. The van der Waals surface area contributed by atoms with Crippen LogP contribution in [0.1, 0.15) is 0 Å². The van der Waals surface area contributed by atoms with Gasteiger partial charge < -0.3 is 10.1 Å². The van der Waals surface area contributed by atoms with E-state index in [9.17, 15) is 0 Å². The second kappa shape index (κ2) is 6.82. The fourth-order valence-corrected chi connectivity index (χ4v) is 1.74. The van der Waals surface area contributed by atoms with Gasteiger partial charge in [-0.2, -0.15) is 0 Å². The summed E-state index contributed by atoms with van der Waals surface area (Å²) in [4.78, 5) is 4.88. The van der Waals surface area contributed by atoms with Crippen molar-refractivity contribution in [2.45, 2.75) is 0 Å². The Bertz CT molecular complexity index is 188. The van der Waals surface area contributed by atoms with Gasteiger partial charge in [0.05, 0.1) is 6.61 Å². The van der Waals surface area contributed by atoms with E-state index in [4.69, 9.17) is 4.74 Å². The van der Waals surface area contributed by atoms with Gasteiger partial charge in [-0.3, -0.25) is 9.80 Å². The van der Waals surface area contributed by atoms with Crippen LogP contribution >= 0.6 is 0 Å². The summed E-state index contributed by atoms with van der Waals surface area (Å²) in [7, 11) is 3.68. The number of piperazine rings is 1. The molecule has 88 valence electrons. The minimum absolute atomic E-state index is 0.837. The molecular formula is C11H23N3O. The molecule has 0 amide bonds. The van der Waals surface area contributed by atoms with E-state index < -0.39 is 0 Å². The zero-order valence-electron chi connectivity index (χ0n) is 9.96. The van der Waals surface area contributed by atoms with Gasteiger partial charge in [-0.1, -0.05) is 6.58 Å². The molecule has 1 aliphatic rings. The van der Waals surface area contributed by atoms with Crippen molar-refractivity contribution in [1.82, 2.24) is 15.1 Å². The highest BCUT2D eigenvalue weighted by molar-refractivity contribution is 4.94. The molecule has 0 aliphatic carbocycles. The predicted molar refractivity (Wildman–Crippen MR) is 63.0 cm³/mol. The van der Waals surface area contributed by atoms with E-state index in [1.165, 1.54) is 0 Å². The Balaban J connectivity index is 2.15. The molecule has 1 fully saturated rings. The smallest absolute Gasteiger partial charge is 0.0589 e. The summed E-state index contributed by atoms with van der Waals surface area (Å²) < 4.78 is 5.07. The number of nitrogens with zero attached hydrogens (tertiary/aromatic N) is 2. The Labute approximate surface area is 92.9 Å². The lowest BCUT2D eigenvalue weighted by molar-refractivity contribution is 0.101. The third-order valence-electron chi connectivity index (χ3n) is 2.84. The largest absolute Gasteiger partial charge is 0.391 e. The summed E-state index contributed by atoms with van der Waals surface area (Å²) >= 11 is 0. The molecule has 1 saturated heterocycles. The lowest BCUT2D eigenvalue weighted by Gasteiger charge is -2.34. The van der Waals surface area contributed by atoms with Crippen LogP contribution in [0.2, 0.25) is 0 Å². The lowest BCUT2D eigenvalue weighted by Crippen LogP contribution is -2.48. The maximum atomic E-state index is 5.07. The summed E-state index contributed by atoms with van der Waals surface area (Å²) in [5, 5.41) is 3.09. The first-order chi connectivity index (χ1) is 7.26. The van der Waals surface area contributed by atoms with Crippen molar-refractivity contribution in [2.75, 3.05) is 60.0 Å². The van der Waals surface area contributed by atoms with Crippen molar-refractivity contribution in [3.63, 3.8) is 0 Å². The van der Waals surface area contributed by atoms with Crippen LogP contribution in [-0.2, 0) is 4.74 Å². The lowest BCUT2D eigenvalue weighted by atomic mass is 10.3. The third-order valence-corrected chi connectivity index (χ3v) is 2.84. The van der Waals surface area contributed by atoms with Gasteiger partial charge >= 0.3 is 0 Å². The molecule has 0 atom stereocenters. The van der Waals surface area contributed by atoms with Gasteiger partial charge in [0, 0.05) is 59.1 Å². The Morgan fingerprint density at radius 3 is 2.40 bits per heavy atom. The topological polar surface area (TPSA) is 27.7 Å². The number of nitrogens with one attached hydrogen (secondary N) is 1. The van der Waals surface area contributed by atoms with E-state index in [2.05, 4.69) is 21.7 Å². The molecule has 15 heavy (non-hydrogen) atoms. The minimum Gasteiger partial charge on any atom is -0.391 e. The van der Waals surface area contributed by atoms with Gasteiger partial charge in [-0.25, -0.2) is 0 Å². The van der Waals surface area contributed by atoms with Crippen LogP contribution < -0.4 is 5.32 Å². The van der Waals surface area contributed by atoms with E-state index in [-0.39, 0.29) is 0 Å². The first-order valence-electron chi connectivity index (χ1n) is 5.55. The molecule has 0 radical (unpaired) electrons.